The van der Waals surface area contributed by atoms with Crippen LogP contribution in [0.25, 0.3) is 0 Å². The monoisotopic (exact) mass is 353 g/mol. The van der Waals surface area contributed by atoms with Gasteiger partial charge in [0.1, 0.15) is 0 Å². The molecule has 0 aliphatic heterocycles. The molecule has 6 heteroatoms. The summed E-state index contributed by atoms with van der Waals surface area (Å²) in [5, 5.41) is 10.5. The molecule has 2 aromatic carbocycles. The van der Waals surface area contributed by atoms with Crippen LogP contribution in [0.4, 0.5) is 4.39 Å². The van der Waals surface area contributed by atoms with Gasteiger partial charge in [0.15, 0.2) is 0 Å². The van der Waals surface area contributed by atoms with E-state index in [0.717, 1.165) is 12.6 Å². The molecule has 0 aromatic heterocycles. The van der Waals surface area contributed by atoms with Gasteiger partial charge in [-0.15, -0.1) is 0 Å². The normalized spacial score (nSPS) is 15.0. The third-order valence-corrected chi connectivity index (χ3v) is 4.80. The van der Waals surface area contributed by atoms with Crippen LogP contribution in [0, 0.1) is 15.9 Å². The summed E-state index contributed by atoms with van der Waals surface area (Å²) in [6.45, 7) is 0.285. The van der Waals surface area contributed by atoms with Crippen molar-refractivity contribution in [3.05, 3.63) is 75.1 Å². The summed E-state index contributed by atoms with van der Waals surface area (Å²) >= 11 is 0. The van der Waals surface area contributed by atoms with Gasteiger partial charge < -0.3 is 0 Å². The number of ether oxygens (including phenoxy) is 1. The maximum absolute atomic E-state index is 13.5. The Morgan fingerprint density at radius 1 is 1.15 bits per heavy atom. The molecule has 1 fully saturated rings. The number of benzene rings is 2. The molecule has 26 heavy (non-hydrogen) atoms. The van der Waals surface area contributed by atoms with Crippen LogP contribution in [0.1, 0.15) is 54.7 Å². The number of nitrogens with zero attached hydrogens (tertiary/aromatic N) is 1. The Bertz CT molecular complexity index is 786. The summed E-state index contributed by atoms with van der Waals surface area (Å²) in [6, 6.07) is 12.3. The maximum atomic E-state index is 13.5. The molecule has 0 bridgehead atoms. The number of hydrogen-bond donors (Lipinski definition) is 0. The predicted molar refractivity (Wildman–Crippen MR) is 101 cm³/mol. The van der Waals surface area contributed by atoms with Gasteiger partial charge in [0, 0.05) is 0 Å². The Morgan fingerprint density at radius 3 is 2.58 bits per heavy atom. The van der Waals surface area contributed by atoms with E-state index in [1.54, 1.807) is 0 Å². The van der Waals surface area contributed by atoms with E-state index < -0.39 is 10.7 Å². The average molecular weight is 353 g/mol. The van der Waals surface area contributed by atoms with Crippen LogP contribution in [0.2, 0.25) is 0 Å². The van der Waals surface area contributed by atoms with Crippen LogP contribution in [0.15, 0.2) is 42.5 Å². The molecule has 0 atom stereocenters. The van der Waals surface area contributed by atoms with Crippen molar-refractivity contribution >= 4 is 13.0 Å². The van der Waals surface area contributed by atoms with Crippen LogP contribution in [0.3, 0.4) is 0 Å². The summed E-state index contributed by atoms with van der Waals surface area (Å²) in [5.41, 5.74) is 2.83. The van der Waals surface area contributed by atoms with Gasteiger partial charge in [-0.3, -0.25) is 0 Å². The molecule has 2 aromatic rings. The third kappa shape index (κ3) is 5.00. The first-order chi connectivity index (χ1) is 12.6. The molecule has 0 saturated heterocycles. The van der Waals surface area contributed by atoms with Gasteiger partial charge in [-0.25, -0.2) is 0 Å². The fourth-order valence-corrected chi connectivity index (χ4v) is 3.40. The zero-order valence-electron chi connectivity index (χ0n) is 14.6. The third-order valence-electron chi connectivity index (χ3n) is 4.80. The van der Waals surface area contributed by atoms with E-state index >= 15 is 0 Å². The SMILES string of the molecule is O=[N+]([O-])B=Cc1ccc(F)cc1OCc1ccc(C2CCCCC2)cc1. The first-order valence-corrected chi connectivity index (χ1v) is 8.95. The molecular weight excluding hydrogens is 332 g/mol. The van der Waals surface area contributed by atoms with E-state index in [0.29, 0.717) is 17.2 Å². The van der Waals surface area contributed by atoms with Crippen molar-refractivity contribution in [1.82, 2.24) is 0 Å². The molecule has 4 nitrogen and oxygen atoms in total. The van der Waals surface area contributed by atoms with E-state index in [2.05, 4.69) is 12.1 Å². The van der Waals surface area contributed by atoms with E-state index in [1.165, 1.54) is 61.8 Å². The van der Waals surface area contributed by atoms with Gasteiger partial charge in [-0.1, -0.05) is 6.42 Å². The quantitative estimate of drug-likeness (QED) is 0.437. The molecule has 1 saturated carbocycles. The standard InChI is InChI=1S/C20H21BFNO3/c22-19-11-10-18(13-21-23(24)25)20(12-19)26-14-15-6-8-17(9-7-15)16-4-2-1-3-5-16/h6-13,16H,1-5,14H2. The molecule has 0 heterocycles. The van der Waals surface area contributed by atoms with Crippen LogP contribution < -0.4 is 4.74 Å². The van der Waals surface area contributed by atoms with Gasteiger partial charge in [-0.05, 0) is 0 Å². The molecule has 1 aliphatic carbocycles. The Balaban J connectivity index is 1.66. The van der Waals surface area contributed by atoms with E-state index in [9.17, 15) is 14.5 Å². The first-order valence-electron chi connectivity index (χ1n) is 8.95. The second kappa shape index (κ2) is 8.74. The van der Waals surface area contributed by atoms with E-state index in [4.69, 9.17) is 4.74 Å². The van der Waals surface area contributed by atoms with Crippen molar-refractivity contribution in [3.8, 4) is 5.75 Å². The minimum atomic E-state index is -0.558. The minimum absolute atomic E-state index is 0.285. The Kier molecular flexibility index (Phi) is 6.15. The van der Waals surface area contributed by atoms with Gasteiger partial charge in [0.2, 0.25) is 0 Å². The molecular formula is C20H21BFNO3. The molecule has 3 rings (SSSR count). The first kappa shape index (κ1) is 18.3. The summed E-state index contributed by atoms with van der Waals surface area (Å²) in [5.74, 6) is 1.81. The molecule has 0 N–H and O–H groups in total. The van der Waals surface area contributed by atoms with Crippen LogP contribution in [-0.2, 0) is 6.61 Å². The zero-order chi connectivity index (χ0) is 18.4. The Morgan fingerprint density at radius 2 is 1.88 bits per heavy atom. The summed E-state index contributed by atoms with van der Waals surface area (Å²) < 4.78 is 19.2. The van der Waals surface area contributed by atoms with Crippen LogP contribution in [0.5, 0.6) is 5.75 Å². The number of hydrogen-bond acceptors (Lipinski definition) is 3. The fourth-order valence-electron chi connectivity index (χ4n) is 3.40. The van der Waals surface area contributed by atoms with Crippen LogP contribution in [-0.4, -0.2) is 17.9 Å². The summed E-state index contributed by atoms with van der Waals surface area (Å²) in [4.78, 5) is 9.94. The van der Waals surface area contributed by atoms with E-state index in [-0.39, 0.29) is 6.61 Å². The van der Waals surface area contributed by atoms with E-state index in [1.807, 2.05) is 12.1 Å². The van der Waals surface area contributed by atoms with Crippen molar-refractivity contribution < 1.29 is 14.0 Å². The number of nitro groups is 1. The molecule has 134 valence electrons. The number of halogens is 1. The second-order valence-corrected chi connectivity index (χ2v) is 6.65. The van der Waals surface area contributed by atoms with Crippen molar-refractivity contribution in [2.45, 2.75) is 44.6 Å². The number of rotatable bonds is 6. The summed E-state index contributed by atoms with van der Waals surface area (Å²) in [6.07, 6.45) is 6.45. The Labute approximate surface area is 153 Å². The van der Waals surface area contributed by atoms with Crippen LogP contribution >= 0.6 is 0 Å². The van der Waals surface area contributed by atoms with Gasteiger partial charge in [0.05, 0.1) is 0 Å². The van der Waals surface area contributed by atoms with Crippen molar-refractivity contribution in [1.29, 1.82) is 0 Å². The zero-order valence-corrected chi connectivity index (χ0v) is 14.6. The van der Waals surface area contributed by atoms with Gasteiger partial charge in [0.25, 0.3) is 0 Å². The summed E-state index contributed by atoms with van der Waals surface area (Å²) in [7, 11) is 0.819. The molecule has 0 spiro atoms. The molecule has 0 amide bonds. The predicted octanol–water partition coefficient (Wildman–Crippen LogP) is 4.50. The molecule has 1 aliphatic rings. The Hall–Kier alpha value is -2.50. The molecule has 0 unspecified atom stereocenters. The van der Waals surface area contributed by atoms with Gasteiger partial charge in [-0.2, -0.15) is 0 Å². The molecule has 0 radical (unpaired) electrons. The van der Waals surface area contributed by atoms with Crippen molar-refractivity contribution in [2.24, 2.45) is 0 Å². The fraction of sp³-hybridized carbons (Fsp3) is 0.350. The second-order valence-electron chi connectivity index (χ2n) is 6.65. The average Bonchev–Trinajstić information content (AvgIpc) is 2.66. The topological polar surface area (TPSA) is 52.4 Å². The van der Waals surface area contributed by atoms with Crippen molar-refractivity contribution in [2.75, 3.05) is 0 Å². The van der Waals surface area contributed by atoms with Crippen molar-refractivity contribution in [3.63, 3.8) is 0 Å². The van der Waals surface area contributed by atoms with Gasteiger partial charge >= 0.3 is 146 Å².